The van der Waals surface area contributed by atoms with Crippen LogP contribution < -0.4 is 26.0 Å². The molecule has 3 fully saturated rings. The number of amides is 1. The fourth-order valence-corrected chi connectivity index (χ4v) is 6.49. The third-order valence-electron chi connectivity index (χ3n) is 9.13. The SMILES string of the molecule is Nc1nc(OC(c2ccc(-c3ccc(C(=O)N4CCNCC4)cc3)cc2)C(F)(F)F)cc(N2CCC3(CC2)CNC(C(=O)O)C3)n1. The van der Waals surface area contributed by atoms with Gasteiger partial charge in [-0.25, -0.2) is 0 Å². The summed E-state index contributed by atoms with van der Waals surface area (Å²) in [5.41, 5.74) is 7.66. The number of aliphatic carboxylic acids is 1. The lowest BCUT2D eigenvalue weighted by atomic mass is 9.76. The van der Waals surface area contributed by atoms with Crippen molar-refractivity contribution in [2.24, 2.45) is 5.41 Å². The molecule has 0 aliphatic carbocycles. The number of rotatable bonds is 7. The van der Waals surface area contributed by atoms with Crippen molar-refractivity contribution >= 4 is 23.6 Å². The number of carbonyl (C=O) groups is 2. The number of alkyl halides is 3. The Morgan fingerprint density at radius 3 is 2.20 bits per heavy atom. The molecule has 5 N–H and O–H groups in total. The van der Waals surface area contributed by atoms with E-state index in [0.717, 1.165) is 18.7 Å². The van der Waals surface area contributed by atoms with E-state index in [1.165, 1.54) is 18.2 Å². The number of nitrogen functional groups attached to an aromatic ring is 1. The molecule has 6 rings (SSSR count). The normalized spacial score (nSPS) is 20.5. The van der Waals surface area contributed by atoms with E-state index < -0.39 is 24.3 Å². The number of carboxylic acid groups (broad SMARTS) is 1. The molecule has 46 heavy (non-hydrogen) atoms. The summed E-state index contributed by atoms with van der Waals surface area (Å²) in [6.07, 6.45) is -5.11. The highest BCUT2D eigenvalue weighted by atomic mass is 19.4. The molecule has 0 saturated carbocycles. The Bertz CT molecular complexity index is 1560. The Morgan fingerprint density at radius 2 is 1.61 bits per heavy atom. The van der Waals surface area contributed by atoms with Gasteiger partial charge in [-0.1, -0.05) is 36.4 Å². The lowest BCUT2D eigenvalue weighted by Crippen LogP contribution is -2.46. The molecule has 2 atom stereocenters. The highest BCUT2D eigenvalue weighted by Crippen LogP contribution is 2.41. The molecule has 1 amide bonds. The zero-order valence-electron chi connectivity index (χ0n) is 25.1. The first-order chi connectivity index (χ1) is 22.0. The number of ether oxygens (including phenoxy) is 1. The van der Waals surface area contributed by atoms with Crippen LogP contribution in [0.1, 0.15) is 41.3 Å². The predicted molar refractivity (Wildman–Crippen MR) is 164 cm³/mol. The monoisotopic (exact) mass is 639 g/mol. The number of carboxylic acids is 1. The Morgan fingerprint density at radius 1 is 0.978 bits per heavy atom. The summed E-state index contributed by atoms with van der Waals surface area (Å²) in [5.74, 6) is -1.07. The summed E-state index contributed by atoms with van der Waals surface area (Å²) in [5, 5.41) is 15.6. The number of nitrogens with zero attached hydrogens (tertiary/aromatic N) is 4. The largest absolute Gasteiger partial charge is 0.480 e. The van der Waals surface area contributed by atoms with Gasteiger partial charge in [0.2, 0.25) is 17.9 Å². The smallest absolute Gasteiger partial charge is 0.429 e. The minimum absolute atomic E-state index is 0.0497. The van der Waals surface area contributed by atoms with Crippen molar-refractivity contribution in [3.63, 3.8) is 0 Å². The maximum absolute atomic E-state index is 14.3. The molecule has 0 radical (unpaired) electrons. The number of aromatic nitrogens is 2. The Balaban J connectivity index is 1.14. The standard InChI is InChI=1S/C32H36F3N7O4/c33-32(34,35)27(22-5-1-20(2-6-22)21-3-7-23(8-4-21)28(43)42-15-11-37-12-16-42)46-26-17-25(39-30(36)40-26)41-13-9-31(10-14-41)18-24(29(44)45)38-19-31/h1-8,17,24,27,37-38H,9-16,18-19H2,(H,44,45)(H2,36,39,40). The first-order valence-corrected chi connectivity index (χ1v) is 15.3. The fourth-order valence-electron chi connectivity index (χ4n) is 6.49. The molecule has 4 heterocycles. The highest BCUT2D eigenvalue weighted by molar-refractivity contribution is 5.94. The van der Waals surface area contributed by atoms with Gasteiger partial charge < -0.3 is 36.0 Å². The van der Waals surface area contributed by atoms with Crippen LogP contribution in [0, 0.1) is 5.41 Å². The molecular weight excluding hydrogens is 603 g/mol. The van der Waals surface area contributed by atoms with Gasteiger partial charge in [0, 0.05) is 63.0 Å². The van der Waals surface area contributed by atoms with E-state index >= 15 is 0 Å². The first-order valence-electron chi connectivity index (χ1n) is 15.3. The van der Waals surface area contributed by atoms with Crippen molar-refractivity contribution < 1.29 is 32.6 Å². The van der Waals surface area contributed by atoms with Gasteiger partial charge in [-0.3, -0.25) is 9.59 Å². The van der Waals surface area contributed by atoms with Crippen LogP contribution in [0.4, 0.5) is 24.9 Å². The molecule has 3 aliphatic rings. The molecule has 1 spiro atoms. The number of hydrogen-bond acceptors (Lipinski definition) is 9. The minimum atomic E-state index is -4.75. The minimum Gasteiger partial charge on any atom is -0.480 e. The van der Waals surface area contributed by atoms with E-state index in [1.54, 1.807) is 41.3 Å². The van der Waals surface area contributed by atoms with E-state index in [2.05, 4.69) is 20.6 Å². The van der Waals surface area contributed by atoms with Gasteiger partial charge in [-0.2, -0.15) is 23.1 Å². The third kappa shape index (κ3) is 6.87. The zero-order chi connectivity index (χ0) is 32.5. The third-order valence-corrected chi connectivity index (χ3v) is 9.13. The van der Waals surface area contributed by atoms with Gasteiger partial charge in [0.25, 0.3) is 5.91 Å². The fraction of sp³-hybridized carbons (Fsp3) is 0.438. The number of hydrogen-bond donors (Lipinski definition) is 4. The molecule has 11 nitrogen and oxygen atoms in total. The lowest BCUT2D eigenvalue weighted by molar-refractivity contribution is -0.198. The van der Waals surface area contributed by atoms with Gasteiger partial charge >= 0.3 is 12.1 Å². The summed E-state index contributed by atoms with van der Waals surface area (Å²) in [6, 6.07) is 13.7. The highest BCUT2D eigenvalue weighted by Gasteiger charge is 2.45. The van der Waals surface area contributed by atoms with Crippen LogP contribution in [-0.4, -0.2) is 89.9 Å². The summed E-state index contributed by atoms with van der Waals surface area (Å²) in [6.45, 7) is 4.46. The van der Waals surface area contributed by atoms with Gasteiger partial charge in [0.15, 0.2) is 0 Å². The van der Waals surface area contributed by atoms with Crippen molar-refractivity contribution in [2.75, 3.05) is 56.4 Å². The van der Waals surface area contributed by atoms with Gasteiger partial charge in [0.05, 0.1) is 0 Å². The van der Waals surface area contributed by atoms with E-state index in [0.29, 0.717) is 68.9 Å². The quantitative estimate of drug-likeness (QED) is 0.303. The summed E-state index contributed by atoms with van der Waals surface area (Å²) < 4.78 is 48.4. The number of piperazine rings is 1. The first kappa shape index (κ1) is 31.5. The Kier molecular flexibility index (Phi) is 8.75. The molecule has 3 aromatic rings. The second-order valence-electron chi connectivity index (χ2n) is 12.2. The lowest BCUT2D eigenvalue weighted by Gasteiger charge is -2.39. The molecule has 3 saturated heterocycles. The number of piperidine rings is 1. The van der Waals surface area contributed by atoms with Crippen LogP contribution in [0.3, 0.4) is 0 Å². The maximum Gasteiger partial charge on any atom is 0.429 e. The van der Waals surface area contributed by atoms with Crippen molar-refractivity contribution in [2.45, 2.75) is 37.6 Å². The summed E-state index contributed by atoms with van der Waals surface area (Å²) >= 11 is 0. The zero-order valence-corrected chi connectivity index (χ0v) is 25.1. The van der Waals surface area contributed by atoms with Crippen molar-refractivity contribution in [1.82, 2.24) is 25.5 Å². The second kappa shape index (κ2) is 12.8. The summed E-state index contributed by atoms with van der Waals surface area (Å²) in [4.78, 5) is 36.0. The van der Waals surface area contributed by atoms with E-state index in [4.69, 9.17) is 10.5 Å². The second-order valence-corrected chi connectivity index (χ2v) is 12.2. The maximum atomic E-state index is 14.3. The van der Waals surface area contributed by atoms with Crippen molar-refractivity contribution in [1.29, 1.82) is 0 Å². The van der Waals surface area contributed by atoms with E-state index in [1.807, 2.05) is 4.90 Å². The molecule has 2 aromatic carbocycles. The van der Waals surface area contributed by atoms with Crippen LogP contribution in [-0.2, 0) is 4.79 Å². The van der Waals surface area contributed by atoms with Crippen LogP contribution in [0.2, 0.25) is 0 Å². The van der Waals surface area contributed by atoms with Crippen LogP contribution in [0.25, 0.3) is 11.1 Å². The molecule has 14 heteroatoms. The van der Waals surface area contributed by atoms with Gasteiger partial charge in [-0.15, -0.1) is 0 Å². The van der Waals surface area contributed by atoms with E-state index in [-0.39, 0.29) is 28.7 Å². The number of halogens is 3. The topological polar surface area (TPSA) is 146 Å². The Hall–Kier alpha value is -4.43. The van der Waals surface area contributed by atoms with Crippen LogP contribution in [0.5, 0.6) is 5.88 Å². The van der Waals surface area contributed by atoms with Gasteiger partial charge in [0.1, 0.15) is 11.9 Å². The van der Waals surface area contributed by atoms with Gasteiger partial charge in [-0.05, 0) is 47.9 Å². The number of carbonyl (C=O) groups excluding carboxylic acids is 1. The molecule has 0 bridgehead atoms. The predicted octanol–water partition coefficient (Wildman–Crippen LogP) is 3.49. The molecule has 2 unspecified atom stereocenters. The summed E-state index contributed by atoms with van der Waals surface area (Å²) in [7, 11) is 0. The Labute approximate surface area is 263 Å². The number of benzene rings is 2. The number of nitrogens with two attached hydrogens (primary N) is 1. The number of nitrogens with one attached hydrogen (secondary N) is 2. The molecule has 3 aliphatic heterocycles. The van der Waals surface area contributed by atoms with Crippen LogP contribution in [0.15, 0.2) is 54.6 Å². The average Bonchev–Trinajstić information content (AvgIpc) is 3.47. The molecule has 244 valence electrons. The van der Waals surface area contributed by atoms with Crippen LogP contribution >= 0.6 is 0 Å². The molecular formula is C32H36F3N7O4. The van der Waals surface area contributed by atoms with E-state index in [9.17, 15) is 27.9 Å². The number of anilines is 2. The van der Waals surface area contributed by atoms with Crippen molar-refractivity contribution in [3.8, 4) is 17.0 Å². The van der Waals surface area contributed by atoms with Crippen molar-refractivity contribution in [3.05, 3.63) is 65.7 Å². The molecule has 1 aromatic heterocycles. The average molecular weight is 640 g/mol.